The molecule has 0 bridgehead atoms. The predicted octanol–water partition coefficient (Wildman–Crippen LogP) is 3.05. The summed E-state index contributed by atoms with van der Waals surface area (Å²) in [6, 6.07) is 5.78. The van der Waals surface area contributed by atoms with E-state index in [-0.39, 0.29) is 11.9 Å². The van der Waals surface area contributed by atoms with Crippen molar-refractivity contribution >= 4 is 29.2 Å². The molecule has 0 aliphatic carbocycles. The van der Waals surface area contributed by atoms with Crippen LogP contribution in [0.25, 0.3) is 11.0 Å². The summed E-state index contributed by atoms with van der Waals surface area (Å²) in [7, 11) is 1.81. The van der Waals surface area contributed by atoms with Crippen LogP contribution in [0.2, 0.25) is 0 Å². The lowest BCUT2D eigenvalue weighted by molar-refractivity contribution is -0.132. The Bertz CT molecular complexity index is 671. The fourth-order valence-corrected chi connectivity index (χ4v) is 2.58. The van der Waals surface area contributed by atoms with Crippen LogP contribution in [0.4, 0.5) is 0 Å². The lowest BCUT2D eigenvalue weighted by atomic mass is 10.2. The van der Waals surface area contributed by atoms with E-state index in [1.807, 2.05) is 43.5 Å². The van der Waals surface area contributed by atoms with Crippen LogP contribution in [0.1, 0.15) is 25.5 Å². The average Bonchev–Trinajstić information content (AvgIpc) is 2.71. The molecule has 1 amide bonds. The van der Waals surface area contributed by atoms with Gasteiger partial charge in [-0.1, -0.05) is 6.07 Å². The number of aromatic nitrogens is 2. The molecule has 1 atom stereocenters. The number of hydrogen-bond donors (Lipinski definition) is 1. The van der Waals surface area contributed by atoms with Crippen molar-refractivity contribution < 1.29 is 4.79 Å². The van der Waals surface area contributed by atoms with Crippen LogP contribution in [0.5, 0.6) is 0 Å². The first-order valence-corrected chi connectivity index (χ1v) is 6.82. The van der Waals surface area contributed by atoms with Gasteiger partial charge in [0, 0.05) is 13.6 Å². The molecule has 102 valence electrons. The Kier molecular flexibility index (Phi) is 3.75. The Morgan fingerprint density at radius 3 is 2.84 bits per heavy atom. The minimum Gasteiger partial charge on any atom is -0.344 e. The number of aromatic amines is 1. The van der Waals surface area contributed by atoms with Gasteiger partial charge in [-0.15, -0.1) is 0 Å². The quantitative estimate of drug-likeness (QED) is 0.876. The second-order valence-electron chi connectivity index (χ2n) is 4.85. The van der Waals surface area contributed by atoms with Crippen LogP contribution in [-0.4, -0.2) is 34.0 Å². The smallest absolute Gasteiger partial charge is 0.245 e. The monoisotopic (exact) mass is 277 g/mol. The second-order valence-corrected chi connectivity index (χ2v) is 5.24. The summed E-state index contributed by atoms with van der Waals surface area (Å²) in [6.45, 7) is 6.57. The summed E-state index contributed by atoms with van der Waals surface area (Å²) in [5.41, 5.74) is 3.12. The SMILES string of the molecule is CCN(C)C(=O)C(C)n1c(=S)[nH]c2cc(C)ccc21. The predicted molar refractivity (Wildman–Crippen MR) is 79.9 cm³/mol. The van der Waals surface area contributed by atoms with Gasteiger partial charge in [0.15, 0.2) is 4.77 Å². The zero-order valence-corrected chi connectivity index (χ0v) is 12.5. The number of benzene rings is 1. The molecule has 0 saturated heterocycles. The number of imidazole rings is 1. The van der Waals surface area contributed by atoms with Gasteiger partial charge in [-0.2, -0.15) is 0 Å². The first-order chi connectivity index (χ1) is 8.95. The van der Waals surface area contributed by atoms with Crippen molar-refractivity contribution in [3.8, 4) is 0 Å². The molecule has 0 saturated carbocycles. The zero-order valence-electron chi connectivity index (χ0n) is 11.7. The van der Waals surface area contributed by atoms with E-state index in [0.29, 0.717) is 11.3 Å². The highest BCUT2D eigenvalue weighted by Gasteiger charge is 2.20. The first kappa shape index (κ1) is 13.8. The maximum Gasteiger partial charge on any atom is 0.245 e. The van der Waals surface area contributed by atoms with Gasteiger partial charge in [0.05, 0.1) is 11.0 Å². The fraction of sp³-hybridized carbons (Fsp3) is 0.429. The van der Waals surface area contributed by atoms with Gasteiger partial charge < -0.3 is 14.5 Å². The van der Waals surface area contributed by atoms with E-state index in [4.69, 9.17) is 12.2 Å². The summed E-state index contributed by atoms with van der Waals surface area (Å²) in [4.78, 5) is 17.2. The van der Waals surface area contributed by atoms with Gasteiger partial charge >= 0.3 is 0 Å². The molecule has 0 fully saturated rings. The molecule has 0 radical (unpaired) electrons. The Morgan fingerprint density at radius 1 is 1.53 bits per heavy atom. The third kappa shape index (κ3) is 2.42. The number of H-pyrrole nitrogens is 1. The highest BCUT2D eigenvalue weighted by molar-refractivity contribution is 7.71. The summed E-state index contributed by atoms with van der Waals surface area (Å²) in [5, 5.41) is 0. The normalized spacial score (nSPS) is 12.6. The number of nitrogens with one attached hydrogen (secondary N) is 1. The highest BCUT2D eigenvalue weighted by atomic mass is 32.1. The van der Waals surface area contributed by atoms with E-state index in [1.165, 1.54) is 5.56 Å². The molecular weight excluding hydrogens is 258 g/mol. The average molecular weight is 277 g/mol. The van der Waals surface area contributed by atoms with Gasteiger partial charge in [0.2, 0.25) is 5.91 Å². The van der Waals surface area contributed by atoms with Crippen LogP contribution < -0.4 is 0 Å². The van der Waals surface area contributed by atoms with Crippen LogP contribution in [0, 0.1) is 11.7 Å². The van der Waals surface area contributed by atoms with Crippen LogP contribution in [0.15, 0.2) is 18.2 Å². The summed E-state index contributed by atoms with van der Waals surface area (Å²) in [6.07, 6.45) is 0. The number of aryl methyl sites for hydroxylation is 1. The molecule has 1 N–H and O–H groups in total. The molecule has 4 nitrogen and oxygen atoms in total. The Labute approximate surface area is 118 Å². The van der Waals surface area contributed by atoms with Crippen molar-refractivity contribution in [2.24, 2.45) is 0 Å². The van der Waals surface area contributed by atoms with Crippen molar-refractivity contribution in [1.29, 1.82) is 0 Å². The number of fused-ring (bicyclic) bond motifs is 1. The second kappa shape index (κ2) is 5.17. The van der Waals surface area contributed by atoms with Gasteiger partial charge in [-0.25, -0.2) is 0 Å². The number of nitrogens with zero attached hydrogens (tertiary/aromatic N) is 2. The van der Waals surface area contributed by atoms with Crippen LogP contribution >= 0.6 is 12.2 Å². The van der Waals surface area contributed by atoms with Crippen molar-refractivity contribution in [3.63, 3.8) is 0 Å². The maximum atomic E-state index is 12.3. The summed E-state index contributed by atoms with van der Waals surface area (Å²) >= 11 is 5.35. The van der Waals surface area contributed by atoms with Crippen molar-refractivity contribution in [2.45, 2.75) is 26.8 Å². The number of likely N-dealkylation sites (N-methyl/N-ethyl adjacent to an activating group) is 1. The molecule has 0 aliphatic rings. The number of hydrogen-bond acceptors (Lipinski definition) is 2. The highest BCUT2D eigenvalue weighted by Crippen LogP contribution is 2.21. The van der Waals surface area contributed by atoms with Crippen molar-refractivity contribution in [3.05, 3.63) is 28.5 Å². The molecular formula is C14H19N3OS. The topological polar surface area (TPSA) is 41.0 Å². The number of carbonyl (C=O) groups is 1. The van der Waals surface area contributed by atoms with Crippen molar-refractivity contribution in [1.82, 2.24) is 14.5 Å². The number of amides is 1. The Morgan fingerprint density at radius 2 is 2.21 bits per heavy atom. The van der Waals surface area contributed by atoms with E-state index in [0.717, 1.165) is 11.0 Å². The van der Waals surface area contributed by atoms with E-state index in [2.05, 4.69) is 4.98 Å². The molecule has 0 aliphatic heterocycles. The van der Waals surface area contributed by atoms with Gasteiger partial charge in [-0.3, -0.25) is 4.79 Å². The maximum absolute atomic E-state index is 12.3. The molecule has 0 spiro atoms. The molecule has 2 aromatic rings. The Balaban J connectivity index is 2.53. The van der Waals surface area contributed by atoms with Crippen LogP contribution in [0.3, 0.4) is 0 Å². The minimum absolute atomic E-state index is 0.0695. The molecule has 2 rings (SSSR count). The van der Waals surface area contributed by atoms with Gasteiger partial charge in [0.1, 0.15) is 6.04 Å². The molecule has 1 heterocycles. The van der Waals surface area contributed by atoms with E-state index >= 15 is 0 Å². The standard InChI is InChI=1S/C14H19N3OS/c1-5-16(4)13(18)10(3)17-12-7-6-9(2)8-11(12)15-14(17)19/h6-8,10H,5H2,1-4H3,(H,15,19). The molecule has 19 heavy (non-hydrogen) atoms. The largest absolute Gasteiger partial charge is 0.344 e. The Hall–Kier alpha value is -1.62. The summed E-state index contributed by atoms with van der Waals surface area (Å²) < 4.78 is 2.48. The van der Waals surface area contributed by atoms with Gasteiger partial charge in [-0.05, 0) is 50.7 Å². The third-order valence-electron chi connectivity index (χ3n) is 3.47. The van der Waals surface area contributed by atoms with E-state index in [1.54, 1.807) is 11.9 Å². The van der Waals surface area contributed by atoms with Crippen LogP contribution in [-0.2, 0) is 4.79 Å². The van der Waals surface area contributed by atoms with E-state index < -0.39 is 0 Å². The van der Waals surface area contributed by atoms with Gasteiger partial charge in [0.25, 0.3) is 0 Å². The molecule has 1 aromatic heterocycles. The van der Waals surface area contributed by atoms with Crippen molar-refractivity contribution in [2.75, 3.05) is 13.6 Å². The molecule has 5 heteroatoms. The number of carbonyl (C=O) groups excluding carboxylic acids is 1. The first-order valence-electron chi connectivity index (χ1n) is 6.41. The molecule has 1 aromatic carbocycles. The fourth-order valence-electron chi connectivity index (χ4n) is 2.21. The van der Waals surface area contributed by atoms with E-state index in [9.17, 15) is 4.79 Å². The lowest BCUT2D eigenvalue weighted by Crippen LogP contribution is -2.32. The number of rotatable bonds is 3. The summed E-state index contributed by atoms with van der Waals surface area (Å²) in [5.74, 6) is 0.0695. The third-order valence-corrected chi connectivity index (χ3v) is 3.77. The zero-order chi connectivity index (χ0) is 14.2. The molecule has 1 unspecified atom stereocenters. The lowest BCUT2D eigenvalue weighted by Gasteiger charge is -2.21. The minimum atomic E-state index is -0.297.